The van der Waals surface area contributed by atoms with E-state index in [1.165, 1.54) is 0 Å². The van der Waals surface area contributed by atoms with Crippen LogP contribution in [0.25, 0.3) is 0 Å². The van der Waals surface area contributed by atoms with E-state index in [0.29, 0.717) is 19.5 Å². The van der Waals surface area contributed by atoms with Crippen LogP contribution in [0.15, 0.2) is 18.2 Å². The maximum Gasteiger partial charge on any atom is 0.231 e. The number of nitrogens with zero attached hydrogens (tertiary/aromatic N) is 1. The Bertz CT molecular complexity index is 599. The average Bonchev–Trinajstić information content (AvgIpc) is 3.07. The number of ether oxygens (including phenoxy) is 2. The van der Waals surface area contributed by atoms with Gasteiger partial charge in [0.25, 0.3) is 0 Å². The van der Waals surface area contributed by atoms with E-state index in [1.54, 1.807) is 4.31 Å². The molecule has 2 heterocycles. The van der Waals surface area contributed by atoms with E-state index >= 15 is 0 Å². The summed E-state index contributed by atoms with van der Waals surface area (Å²) in [6.45, 7) is 3.34. The summed E-state index contributed by atoms with van der Waals surface area (Å²) < 4.78 is 36.4. The van der Waals surface area contributed by atoms with Crippen molar-refractivity contribution in [3.8, 4) is 11.5 Å². The topological polar surface area (TPSA) is 55.8 Å². The lowest BCUT2D eigenvalue weighted by molar-refractivity contribution is 0.174. The quantitative estimate of drug-likeness (QED) is 0.852. The van der Waals surface area contributed by atoms with Gasteiger partial charge in [-0.15, -0.1) is 0 Å². The Balaban J connectivity index is 1.74. The molecule has 2 aliphatic rings. The summed E-state index contributed by atoms with van der Waals surface area (Å²) in [4.78, 5) is 0. The molecule has 2 aliphatic heterocycles. The van der Waals surface area contributed by atoms with Gasteiger partial charge in [-0.1, -0.05) is 13.0 Å². The van der Waals surface area contributed by atoms with Crippen LogP contribution in [-0.4, -0.2) is 38.4 Å². The number of rotatable bonds is 4. The van der Waals surface area contributed by atoms with Crippen LogP contribution in [0.3, 0.4) is 0 Å². The van der Waals surface area contributed by atoms with Crippen molar-refractivity contribution >= 4 is 10.0 Å². The van der Waals surface area contributed by atoms with Crippen LogP contribution in [-0.2, 0) is 10.0 Å². The average molecular weight is 297 g/mol. The molecule has 0 aliphatic carbocycles. The van der Waals surface area contributed by atoms with Crippen molar-refractivity contribution in [3.05, 3.63) is 23.8 Å². The van der Waals surface area contributed by atoms with Gasteiger partial charge in [0, 0.05) is 13.1 Å². The predicted octanol–water partition coefficient (Wildman–Crippen LogP) is 1.94. The fourth-order valence-electron chi connectivity index (χ4n) is 2.81. The second kappa shape index (κ2) is 5.26. The Morgan fingerprint density at radius 1 is 1.30 bits per heavy atom. The lowest BCUT2D eigenvalue weighted by atomic mass is 9.98. The van der Waals surface area contributed by atoms with Crippen LogP contribution in [0.4, 0.5) is 0 Å². The van der Waals surface area contributed by atoms with Gasteiger partial charge in [0.15, 0.2) is 11.5 Å². The highest BCUT2D eigenvalue weighted by atomic mass is 32.2. The van der Waals surface area contributed by atoms with Crippen molar-refractivity contribution in [2.24, 2.45) is 0 Å². The Morgan fingerprint density at radius 3 is 2.90 bits per heavy atom. The standard InChI is InChI=1S/C14H19NO4S/c1-2-7-20(16,17)15-6-5-12(9-15)11-3-4-13-14(8-11)19-10-18-13/h3-4,8,12H,2,5-7,9-10H2,1H3. The second-order valence-corrected chi connectivity index (χ2v) is 7.36. The van der Waals surface area contributed by atoms with Gasteiger partial charge in [-0.2, -0.15) is 0 Å². The minimum absolute atomic E-state index is 0.237. The van der Waals surface area contributed by atoms with E-state index in [1.807, 2.05) is 25.1 Å². The Hall–Kier alpha value is -1.27. The Morgan fingerprint density at radius 2 is 2.10 bits per heavy atom. The van der Waals surface area contributed by atoms with E-state index in [2.05, 4.69) is 0 Å². The highest BCUT2D eigenvalue weighted by molar-refractivity contribution is 7.89. The van der Waals surface area contributed by atoms with E-state index in [0.717, 1.165) is 23.5 Å². The zero-order chi connectivity index (χ0) is 14.2. The van der Waals surface area contributed by atoms with Crippen molar-refractivity contribution in [1.29, 1.82) is 0 Å². The number of sulfonamides is 1. The monoisotopic (exact) mass is 297 g/mol. The van der Waals surface area contributed by atoms with Crippen LogP contribution in [0.1, 0.15) is 31.2 Å². The molecule has 110 valence electrons. The van der Waals surface area contributed by atoms with Crippen LogP contribution < -0.4 is 9.47 Å². The number of hydrogen-bond acceptors (Lipinski definition) is 4. The van der Waals surface area contributed by atoms with Gasteiger partial charge in [0.05, 0.1) is 5.75 Å². The largest absolute Gasteiger partial charge is 0.454 e. The first-order valence-electron chi connectivity index (χ1n) is 6.97. The van der Waals surface area contributed by atoms with E-state index < -0.39 is 10.0 Å². The molecule has 3 rings (SSSR count). The smallest absolute Gasteiger partial charge is 0.231 e. The first-order chi connectivity index (χ1) is 9.60. The van der Waals surface area contributed by atoms with E-state index in [4.69, 9.17) is 9.47 Å². The summed E-state index contributed by atoms with van der Waals surface area (Å²) in [6, 6.07) is 5.89. The van der Waals surface area contributed by atoms with E-state index in [-0.39, 0.29) is 18.5 Å². The zero-order valence-corrected chi connectivity index (χ0v) is 12.4. The minimum atomic E-state index is -3.09. The molecule has 1 aromatic rings. The normalized spacial score (nSPS) is 22.4. The molecule has 0 bridgehead atoms. The molecule has 0 N–H and O–H groups in total. The molecule has 1 aromatic carbocycles. The molecule has 0 spiro atoms. The number of benzene rings is 1. The SMILES string of the molecule is CCCS(=O)(=O)N1CCC(c2ccc3c(c2)OCO3)C1. The highest BCUT2D eigenvalue weighted by Gasteiger charge is 2.32. The molecular formula is C14H19NO4S. The Kier molecular flexibility index (Phi) is 3.60. The van der Waals surface area contributed by atoms with Crippen LogP contribution >= 0.6 is 0 Å². The lowest BCUT2D eigenvalue weighted by Gasteiger charge is -2.16. The van der Waals surface area contributed by atoms with Crippen molar-refractivity contribution < 1.29 is 17.9 Å². The third kappa shape index (κ3) is 2.50. The summed E-state index contributed by atoms with van der Waals surface area (Å²) in [5.41, 5.74) is 1.13. The second-order valence-electron chi connectivity index (χ2n) is 5.27. The summed E-state index contributed by atoms with van der Waals surface area (Å²) in [7, 11) is -3.09. The Labute approximate surface area is 119 Å². The molecule has 1 fully saturated rings. The predicted molar refractivity (Wildman–Crippen MR) is 75.6 cm³/mol. The molecular weight excluding hydrogens is 278 g/mol. The van der Waals surface area contributed by atoms with Gasteiger partial charge in [0.2, 0.25) is 16.8 Å². The van der Waals surface area contributed by atoms with Gasteiger partial charge in [0.1, 0.15) is 0 Å². The summed E-state index contributed by atoms with van der Waals surface area (Å²) in [6.07, 6.45) is 1.52. The molecule has 0 saturated carbocycles. The van der Waals surface area contributed by atoms with Crippen molar-refractivity contribution in [3.63, 3.8) is 0 Å². The molecule has 0 aromatic heterocycles. The van der Waals surface area contributed by atoms with Gasteiger partial charge in [-0.25, -0.2) is 12.7 Å². The molecule has 20 heavy (non-hydrogen) atoms. The van der Waals surface area contributed by atoms with Crippen LogP contribution in [0.5, 0.6) is 11.5 Å². The zero-order valence-electron chi connectivity index (χ0n) is 11.5. The van der Waals surface area contributed by atoms with E-state index in [9.17, 15) is 8.42 Å². The fourth-order valence-corrected chi connectivity index (χ4v) is 4.37. The molecule has 6 heteroatoms. The van der Waals surface area contributed by atoms with Gasteiger partial charge in [-0.05, 0) is 36.5 Å². The minimum Gasteiger partial charge on any atom is -0.454 e. The number of fused-ring (bicyclic) bond motifs is 1. The van der Waals surface area contributed by atoms with Crippen molar-refractivity contribution in [2.75, 3.05) is 25.6 Å². The molecule has 0 amide bonds. The molecule has 1 atom stereocenters. The number of hydrogen-bond donors (Lipinski definition) is 0. The summed E-state index contributed by atoms with van der Waals surface area (Å²) >= 11 is 0. The molecule has 0 radical (unpaired) electrons. The molecule has 1 saturated heterocycles. The van der Waals surface area contributed by atoms with Gasteiger partial charge >= 0.3 is 0 Å². The van der Waals surface area contributed by atoms with Crippen molar-refractivity contribution in [2.45, 2.75) is 25.7 Å². The van der Waals surface area contributed by atoms with Gasteiger partial charge < -0.3 is 9.47 Å². The third-order valence-corrected chi connectivity index (χ3v) is 5.92. The highest BCUT2D eigenvalue weighted by Crippen LogP contribution is 2.37. The van der Waals surface area contributed by atoms with Crippen LogP contribution in [0, 0.1) is 0 Å². The van der Waals surface area contributed by atoms with Gasteiger partial charge in [-0.3, -0.25) is 0 Å². The first-order valence-corrected chi connectivity index (χ1v) is 8.58. The van der Waals surface area contributed by atoms with Crippen LogP contribution in [0.2, 0.25) is 0 Å². The fraction of sp³-hybridized carbons (Fsp3) is 0.571. The molecule has 1 unspecified atom stereocenters. The third-order valence-electron chi connectivity index (χ3n) is 3.87. The lowest BCUT2D eigenvalue weighted by Crippen LogP contribution is -2.30. The maximum atomic E-state index is 12.1. The molecule has 5 nitrogen and oxygen atoms in total. The van der Waals surface area contributed by atoms with Crippen molar-refractivity contribution in [1.82, 2.24) is 4.31 Å². The maximum absolute atomic E-state index is 12.1. The summed E-state index contributed by atoms with van der Waals surface area (Å²) in [5, 5.41) is 0. The first kappa shape index (κ1) is 13.7. The summed E-state index contributed by atoms with van der Waals surface area (Å²) in [5.74, 6) is 2.01.